The Morgan fingerprint density at radius 1 is 0.969 bits per heavy atom. The summed E-state index contributed by atoms with van der Waals surface area (Å²) < 4.78 is 31.2. The molecule has 1 unspecified atom stereocenters. The van der Waals surface area contributed by atoms with E-state index >= 15 is 0 Å². The first kappa shape index (κ1) is 46.1. The Balaban J connectivity index is 0.988. The molecule has 2 heterocycles. The lowest BCUT2D eigenvalue weighted by Gasteiger charge is -2.53. The summed E-state index contributed by atoms with van der Waals surface area (Å²) in [5, 5.41) is 26.0. The fourth-order valence-electron chi connectivity index (χ4n) is 10.9. The highest BCUT2D eigenvalue weighted by atomic mass is 16.8. The Morgan fingerprint density at radius 2 is 1.70 bits per heavy atom. The molecule has 2 aliphatic heterocycles. The number of nitrogens with one attached hydrogen (secondary N) is 2. The molecule has 6 aliphatic rings. The SMILES string of the molecule is C[C@H](O)[C@@H](NC(=O)C1=C[C@H]2OC3(Cc4ccccc4C3)O[C@H]2[C@H](OC(=O)c2cccc(C=C3CCC4O[C@]4(C)CC[C@@H]4[C@@H]3CC4(C)C)c2)C1)C(=O)N[C@H](CO)CCC(=O)OC(C)(C)C. The van der Waals surface area contributed by atoms with Crippen molar-refractivity contribution in [3.8, 4) is 0 Å². The Labute approximate surface area is 376 Å². The third kappa shape index (κ3) is 10.0. The van der Waals surface area contributed by atoms with Gasteiger partial charge in [-0.1, -0.05) is 61.9 Å². The molecule has 10 atom stereocenters. The molecule has 4 aliphatic carbocycles. The number of benzene rings is 2. The Morgan fingerprint density at radius 3 is 2.38 bits per heavy atom. The number of carbonyl (C=O) groups is 4. The molecule has 2 aromatic carbocycles. The minimum atomic E-state index is -1.42. The number of hydrogen-bond acceptors (Lipinski definition) is 11. The lowest BCUT2D eigenvalue weighted by atomic mass is 9.52. The minimum Gasteiger partial charge on any atom is -0.460 e. The van der Waals surface area contributed by atoms with Gasteiger partial charge in [0.25, 0.3) is 0 Å². The van der Waals surface area contributed by atoms with Crippen LogP contribution in [0.3, 0.4) is 0 Å². The van der Waals surface area contributed by atoms with E-state index < -0.39 is 78.2 Å². The van der Waals surface area contributed by atoms with E-state index in [9.17, 15) is 29.4 Å². The fourth-order valence-corrected chi connectivity index (χ4v) is 10.9. The zero-order chi connectivity index (χ0) is 45.8. The van der Waals surface area contributed by atoms with Crippen molar-refractivity contribution in [2.45, 2.75) is 172 Å². The standard InChI is InChI=1S/C51H66N2O11/c1-29(55)43(46(58)52-36(28-54)16-18-42(56)63-48(2,3)4)53-45(57)35-23-39(44-40(24-35)61-51(64-44)25-33-12-8-9-13-34(33)26-51)60-47(59)32-14-10-11-30(22-32)21-31-15-17-41-50(7,62-41)20-19-38-37(31)27-49(38,5)6/h8-14,21-22,24,29,36-41,43-44,54-55H,15-20,23,25-28H2,1-7H3,(H,52,58)(H,53,57)/t29-,36-,37+,38+,39+,40+,41?,43+,44-,50+/m0/s1. The van der Waals surface area contributed by atoms with Gasteiger partial charge < -0.3 is 44.5 Å². The van der Waals surface area contributed by atoms with Crippen molar-refractivity contribution >= 4 is 29.8 Å². The van der Waals surface area contributed by atoms with Crippen LogP contribution in [0.4, 0.5) is 0 Å². The van der Waals surface area contributed by atoms with E-state index in [0.717, 1.165) is 48.8 Å². The van der Waals surface area contributed by atoms with Crippen LogP contribution in [0.5, 0.6) is 0 Å². The number of carbonyl (C=O) groups excluding carboxylic acids is 4. The maximum atomic E-state index is 14.2. The highest BCUT2D eigenvalue weighted by molar-refractivity contribution is 5.98. The molecule has 13 heteroatoms. The predicted molar refractivity (Wildman–Crippen MR) is 237 cm³/mol. The number of hydrogen-bond donors (Lipinski definition) is 4. The number of esters is 2. The number of allylic oxidation sites excluding steroid dienone is 1. The molecule has 64 heavy (non-hydrogen) atoms. The largest absolute Gasteiger partial charge is 0.460 e. The summed E-state index contributed by atoms with van der Waals surface area (Å²) >= 11 is 0. The lowest BCUT2D eigenvalue weighted by Crippen LogP contribution is -2.55. The summed E-state index contributed by atoms with van der Waals surface area (Å²) in [5.74, 6) is -2.40. The van der Waals surface area contributed by atoms with Gasteiger partial charge in [0.2, 0.25) is 11.8 Å². The summed E-state index contributed by atoms with van der Waals surface area (Å²) in [6.07, 6.45) is 6.69. The van der Waals surface area contributed by atoms with Crippen LogP contribution in [-0.4, -0.2) is 100 Å². The van der Waals surface area contributed by atoms with Crippen molar-refractivity contribution < 1.29 is 53.1 Å². The molecule has 0 radical (unpaired) electrons. The monoisotopic (exact) mass is 882 g/mol. The number of aliphatic hydroxyl groups is 2. The number of amides is 2. The summed E-state index contributed by atoms with van der Waals surface area (Å²) in [6, 6.07) is 13.2. The van der Waals surface area contributed by atoms with Gasteiger partial charge in [-0.2, -0.15) is 0 Å². The van der Waals surface area contributed by atoms with Gasteiger partial charge in [-0.05, 0) is 125 Å². The topological polar surface area (TPSA) is 182 Å². The molecular formula is C51H66N2O11. The molecule has 0 aromatic heterocycles. The predicted octanol–water partition coefficient (Wildman–Crippen LogP) is 6.06. The highest BCUT2D eigenvalue weighted by Gasteiger charge is 2.57. The summed E-state index contributed by atoms with van der Waals surface area (Å²) in [7, 11) is 0. The van der Waals surface area contributed by atoms with Crippen LogP contribution in [0, 0.1) is 17.3 Å². The Bertz CT molecular complexity index is 2160. The second-order valence-corrected chi connectivity index (χ2v) is 21.0. The Hall–Kier alpha value is -4.40. The van der Waals surface area contributed by atoms with Gasteiger partial charge in [0.05, 0.1) is 36.0 Å². The zero-order valence-corrected chi connectivity index (χ0v) is 38.3. The van der Waals surface area contributed by atoms with E-state index in [1.807, 2.05) is 42.5 Å². The second-order valence-electron chi connectivity index (χ2n) is 21.0. The van der Waals surface area contributed by atoms with Crippen LogP contribution in [0.2, 0.25) is 0 Å². The Kier molecular flexibility index (Phi) is 12.8. The molecule has 2 aromatic rings. The van der Waals surface area contributed by atoms with Crippen molar-refractivity contribution in [2.24, 2.45) is 17.3 Å². The van der Waals surface area contributed by atoms with E-state index in [2.05, 4.69) is 37.5 Å². The normalized spacial score (nSPS) is 30.6. The minimum absolute atomic E-state index is 0.0122. The van der Waals surface area contributed by atoms with Crippen molar-refractivity contribution in [2.75, 3.05) is 6.61 Å². The van der Waals surface area contributed by atoms with Crippen molar-refractivity contribution in [1.29, 1.82) is 0 Å². The number of ether oxygens (including phenoxy) is 5. The first-order chi connectivity index (χ1) is 30.2. The van der Waals surface area contributed by atoms with Crippen molar-refractivity contribution in [3.05, 3.63) is 88.0 Å². The maximum absolute atomic E-state index is 14.2. The van der Waals surface area contributed by atoms with E-state index in [0.29, 0.717) is 30.2 Å². The van der Waals surface area contributed by atoms with Gasteiger partial charge in [0.1, 0.15) is 30.0 Å². The first-order valence-corrected chi connectivity index (χ1v) is 23.2. The molecule has 2 saturated carbocycles. The molecule has 1 spiro atoms. The van der Waals surface area contributed by atoms with Crippen LogP contribution >= 0.6 is 0 Å². The summed E-state index contributed by atoms with van der Waals surface area (Å²) in [6.45, 7) is 13.1. The number of epoxide rings is 1. The van der Waals surface area contributed by atoms with Gasteiger partial charge in [-0.15, -0.1) is 0 Å². The number of aliphatic hydroxyl groups excluding tert-OH is 2. The first-order valence-electron chi connectivity index (χ1n) is 23.2. The van der Waals surface area contributed by atoms with Crippen molar-refractivity contribution in [1.82, 2.24) is 10.6 Å². The third-order valence-corrected chi connectivity index (χ3v) is 14.4. The molecule has 4 fully saturated rings. The number of fused-ring (bicyclic) bond motifs is 4. The van der Waals surface area contributed by atoms with E-state index in [1.165, 1.54) is 12.5 Å². The zero-order valence-electron chi connectivity index (χ0n) is 38.3. The lowest BCUT2D eigenvalue weighted by molar-refractivity contribution is -0.172. The van der Waals surface area contributed by atoms with E-state index in [-0.39, 0.29) is 42.0 Å². The molecule has 2 amide bonds. The van der Waals surface area contributed by atoms with Crippen molar-refractivity contribution in [3.63, 3.8) is 0 Å². The smallest absolute Gasteiger partial charge is 0.338 e. The van der Waals surface area contributed by atoms with E-state index in [1.54, 1.807) is 32.9 Å². The third-order valence-electron chi connectivity index (χ3n) is 14.4. The van der Waals surface area contributed by atoms with Crippen LogP contribution in [0.1, 0.15) is 127 Å². The van der Waals surface area contributed by atoms with Crippen LogP contribution in [0.15, 0.2) is 65.8 Å². The molecule has 0 bridgehead atoms. The van der Waals surface area contributed by atoms with E-state index in [4.69, 9.17) is 23.7 Å². The second kappa shape index (κ2) is 17.8. The highest BCUT2D eigenvalue weighted by Crippen LogP contribution is 2.60. The fraction of sp³-hybridized carbons (Fsp3) is 0.608. The van der Waals surface area contributed by atoms with Gasteiger partial charge in [0.15, 0.2) is 5.79 Å². The van der Waals surface area contributed by atoms with Gasteiger partial charge in [-0.25, -0.2) is 4.79 Å². The molecular weight excluding hydrogens is 817 g/mol. The molecule has 13 nitrogen and oxygen atoms in total. The van der Waals surface area contributed by atoms with Gasteiger partial charge >= 0.3 is 11.9 Å². The average Bonchev–Trinajstić information content (AvgIpc) is 3.51. The van der Waals surface area contributed by atoms with Crippen LogP contribution < -0.4 is 10.6 Å². The quantitative estimate of drug-likeness (QED) is 0.144. The molecule has 346 valence electrons. The van der Waals surface area contributed by atoms with Crippen LogP contribution in [0.25, 0.3) is 6.08 Å². The maximum Gasteiger partial charge on any atom is 0.338 e. The van der Waals surface area contributed by atoms with Gasteiger partial charge in [0, 0.05) is 31.3 Å². The van der Waals surface area contributed by atoms with Crippen LogP contribution in [-0.2, 0) is 50.9 Å². The molecule has 2 saturated heterocycles. The summed E-state index contributed by atoms with van der Waals surface area (Å²) in [5.41, 5.74) is 4.65. The number of rotatable bonds is 12. The van der Waals surface area contributed by atoms with Gasteiger partial charge in [-0.3, -0.25) is 14.4 Å². The molecule has 8 rings (SSSR count). The average molecular weight is 883 g/mol. The molecule has 4 N–H and O–H groups in total. The summed E-state index contributed by atoms with van der Waals surface area (Å²) in [4.78, 5) is 54.1.